The van der Waals surface area contributed by atoms with Crippen molar-refractivity contribution >= 4 is 28.9 Å². The number of hydrogen-bond donors (Lipinski definition) is 1. The molecule has 0 radical (unpaired) electrons. The average Bonchev–Trinajstić information content (AvgIpc) is 2.67. The average molecular weight is 386 g/mol. The Morgan fingerprint density at radius 2 is 2.07 bits per heavy atom. The molecule has 7 heteroatoms. The van der Waals surface area contributed by atoms with Gasteiger partial charge in [0.1, 0.15) is 12.3 Å². The van der Waals surface area contributed by atoms with Crippen LogP contribution in [0.2, 0.25) is 5.02 Å². The summed E-state index contributed by atoms with van der Waals surface area (Å²) in [7, 11) is 0. The molecule has 0 saturated carbocycles. The molecule has 0 fully saturated rings. The number of aromatic nitrogens is 2. The molecule has 0 atom stereocenters. The Kier molecular flexibility index (Phi) is 6.08. The van der Waals surface area contributed by atoms with Crippen molar-refractivity contribution in [1.82, 2.24) is 9.38 Å². The first-order valence-corrected chi connectivity index (χ1v) is 9.14. The highest BCUT2D eigenvalue weighted by Crippen LogP contribution is 2.17. The topological polar surface area (TPSA) is 72.7 Å². The van der Waals surface area contributed by atoms with E-state index in [1.807, 2.05) is 12.1 Å². The molecule has 0 aliphatic rings. The van der Waals surface area contributed by atoms with Gasteiger partial charge in [-0.15, -0.1) is 0 Å². The highest BCUT2D eigenvalue weighted by Gasteiger charge is 2.13. The summed E-state index contributed by atoms with van der Waals surface area (Å²) in [6.45, 7) is 2.80. The molecule has 0 aliphatic heterocycles. The van der Waals surface area contributed by atoms with Gasteiger partial charge in [0.25, 0.3) is 5.56 Å². The summed E-state index contributed by atoms with van der Waals surface area (Å²) in [6, 6.07) is 11.8. The Morgan fingerprint density at radius 1 is 1.26 bits per heavy atom. The fourth-order valence-electron chi connectivity index (χ4n) is 2.63. The largest absolute Gasteiger partial charge is 0.456 e. The standard InChI is InChI=1S/C20H20ClN3O3/c1-2-3-10-22-17-7-5-4-6-16(17)20(26)27-13-15-11-19(25)24-12-14(21)8-9-18(24)23-15/h4-9,11-12,22H,2-3,10,13H2,1H3. The van der Waals surface area contributed by atoms with Crippen LogP contribution >= 0.6 is 11.6 Å². The number of ether oxygens (including phenoxy) is 1. The lowest BCUT2D eigenvalue weighted by Gasteiger charge is -2.11. The number of carbonyl (C=O) groups excluding carboxylic acids is 1. The molecular weight excluding hydrogens is 366 g/mol. The Morgan fingerprint density at radius 3 is 2.89 bits per heavy atom. The van der Waals surface area contributed by atoms with Crippen LogP contribution in [-0.2, 0) is 11.3 Å². The van der Waals surface area contributed by atoms with Gasteiger partial charge in [-0.1, -0.05) is 37.1 Å². The minimum Gasteiger partial charge on any atom is -0.456 e. The highest BCUT2D eigenvalue weighted by molar-refractivity contribution is 6.30. The minimum atomic E-state index is -0.465. The van der Waals surface area contributed by atoms with Gasteiger partial charge >= 0.3 is 5.97 Å². The Hall–Kier alpha value is -2.86. The van der Waals surface area contributed by atoms with Crippen molar-refractivity contribution in [2.24, 2.45) is 0 Å². The Bertz CT molecular complexity index is 1020. The predicted octanol–water partition coefficient (Wildman–Crippen LogP) is 3.92. The lowest BCUT2D eigenvalue weighted by Crippen LogP contribution is -2.17. The van der Waals surface area contributed by atoms with Crippen molar-refractivity contribution in [2.75, 3.05) is 11.9 Å². The van der Waals surface area contributed by atoms with E-state index in [1.54, 1.807) is 24.3 Å². The predicted molar refractivity (Wildman–Crippen MR) is 105 cm³/mol. The number of hydrogen-bond acceptors (Lipinski definition) is 5. The van der Waals surface area contributed by atoms with E-state index in [1.165, 1.54) is 16.7 Å². The number of benzene rings is 1. The van der Waals surface area contributed by atoms with Gasteiger partial charge < -0.3 is 10.1 Å². The molecule has 0 spiro atoms. The van der Waals surface area contributed by atoms with Crippen LogP contribution in [0.15, 0.2) is 53.5 Å². The number of esters is 1. The van der Waals surface area contributed by atoms with Crippen molar-refractivity contribution in [1.29, 1.82) is 0 Å². The van der Waals surface area contributed by atoms with Gasteiger partial charge in [0.2, 0.25) is 0 Å². The highest BCUT2D eigenvalue weighted by atomic mass is 35.5. The fraction of sp³-hybridized carbons (Fsp3) is 0.250. The maximum Gasteiger partial charge on any atom is 0.340 e. The number of para-hydroxylation sites is 1. The molecular formula is C20H20ClN3O3. The van der Waals surface area contributed by atoms with E-state index in [0.29, 0.717) is 21.9 Å². The van der Waals surface area contributed by atoms with Gasteiger partial charge in [-0.3, -0.25) is 9.20 Å². The van der Waals surface area contributed by atoms with E-state index in [4.69, 9.17) is 16.3 Å². The molecule has 0 unspecified atom stereocenters. The summed E-state index contributed by atoms with van der Waals surface area (Å²) in [4.78, 5) is 29.0. The van der Waals surface area contributed by atoms with Gasteiger partial charge in [0.15, 0.2) is 0 Å². The van der Waals surface area contributed by atoms with Crippen LogP contribution in [0.5, 0.6) is 0 Å². The van der Waals surface area contributed by atoms with E-state index in [-0.39, 0.29) is 12.2 Å². The molecule has 0 saturated heterocycles. The molecule has 2 aromatic heterocycles. The summed E-state index contributed by atoms with van der Waals surface area (Å²) in [5, 5.41) is 3.69. The van der Waals surface area contributed by atoms with Crippen molar-refractivity contribution < 1.29 is 9.53 Å². The van der Waals surface area contributed by atoms with Crippen LogP contribution in [0.25, 0.3) is 5.65 Å². The van der Waals surface area contributed by atoms with Crippen LogP contribution in [0.3, 0.4) is 0 Å². The summed E-state index contributed by atoms with van der Waals surface area (Å²) >= 11 is 5.90. The monoisotopic (exact) mass is 385 g/mol. The zero-order chi connectivity index (χ0) is 19.2. The van der Waals surface area contributed by atoms with Crippen molar-refractivity contribution in [3.05, 3.63) is 75.3 Å². The minimum absolute atomic E-state index is 0.0868. The summed E-state index contributed by atoms with van der Waals surface area (Å²) in [6.07, 6.45) is 3.58. The quantitative estimate of drug-likeness (QED) is 0.493. The van der Waals surface area contributed by atoms with Gasteiger partial charge in [0.05, 0.1) is 16.3 Å². The van der Waals surface area contributed by atoms with Gasteiger partial charge in [-0.05, 0) is 30.7 Å². The molecule has 3 aromatic rings. The molecule has 140 valence electrons. The van der Waals surface area contributed by atoms with Crippen LogP contribution in [0.1, 0.15) is 35.8 Å². The molecule has 0 amide bonds. The van der Waals surface area contributed by atoms with Crippen molar-refractivity contribution in [2.45, 2.75) is 26.4 Å². The van der Waals surface area contributed by atoms with Crippen LogP contribution in [0.4, 0.5) is 5.69 Å². The van der Waals surface area contributed by atoms with E-state index in [2.05, 4.69) is 17.2 Å². The lowest BCUT2D eigenvalue weighted by atomic mass is 10.1. The lowest BCUT2D eigenvalue weighted by molar-refractivity contribution is 0.0469. The van der Waals surface area contributed by atoms with E-state index in [0.717, 1.165) is 25.1 Å². The zero-order valence-corrected chi connectivity index (χ0v) is 15.7. The number of unbranched alkanes of at least 4 members (excludes halogenated alkanes) is 1. The third kappa shape index (κ3) is 4.65. The van der Waals surface area contributed by atoms with Crippen molar-refractivity contribution in [3.63, 3.8) is 0 Å². The SMILES string of the molecule is CCCCNc1ccccc1C(=O)OCc1cc(=O)n2cc(Cl)ccc2n1. The fourth-order valence-corrected chi connectivity index (χ4v) is 2.79. The van der Waals surface area contributed by atoms with E-state index >= 15 is 0 Å². The maximum absolute atomic E-state index is 12.5. The van der Waals surface area contributed by atoms with E-state index < -0.39 is 5.97 Å². The zero-order valence-electron chi connectivity index (χ0n) is 14.9. The Balaban J connectivity index is 1.74. The van der Waals surface area contributed by atoms with Gasteiger partial charge in [-0.25, -0.2) is 9.78 Å². The van der Waals surface area contributed by atoms with E-state index in [9.17, 15) is 9.59 Å². The number of pyridine rings is 1. The maximum atomic E-state index is 12.5. The van der Waals surface area contributed by atoms with Gasteiger partial charge in [-0.2, -0.15) is 0 Å². The number of anilines is 1. The molecule has 27 heavy (non-hydrogen) atoms. The first-order valence-electron chi connectivity index (χ1n) is 8.76. The van der Waals surface area contributed by atoms with Crippen LogP contribution in [-0.4, -0.2) is 21.9 Å². The van der Waals surface area contributed by atoms with Crippen LogP contribution in [0, 0.1) is 0 Å². The Labute approximate surface area is 161 Å². The summed E-state index contributed by atoms with van der Waals surface area (Å²) < 4.78 is 6.72. The third-order valence-electron chi connectivity index (χ3n) is 4.02. The first kappa shape index (κ1) is 18.9. The molecule has 0 aliphatic carbocycles. The van der Waals surface area contributed by atoms with Crippen molar-refractivity contribution in [3.8, 4) is 0 Å². The van der Waals surface area contributed by atoms with Gasteiger partial charge in [0, 0.05) is 24.5 Å². The van der Waals surface area contributed by atoms with Crippen LogP contribution < -0.4 is 10.9 Å². The number of nitrogens with zero attached hydrogens (tertiary/aromatic N) is 2. The molecule has 0 bridgehead atoms. The third-order valence-corrected chi connectivity index (χ3v) is 4.24. The summed E-state index contributed by atoms with van der Waals surface area (Å²) in [5.41, 5.74) is 1.73. The molecule has 3 rings (SSSR count). The molecule has 1 N–H and O–H groups in total. The number of carbonyl (C=O) groups is 1. The molecule has 2 heterocycles. The number of halogens is 1. The summed E-state index contributed by atoms with van der Waals surface area (Å²) in [5.74, 6) is -0.465. The number of fused-ring (bicyclic) bond motifs is 1. The number of nitrogens with one attached hydrogen (secondary N) is 1. The second-order valence-electron chi connectivity index (χ2n) is 6.06. The number of rotatable bonds is 7. The second-order valence-corrected chi connectivity index (χ2v) is 6.50. The smallest absolute Gasteiger partial charge is 0.340 e. The molecule has 6 nitrogen and oxygen atoms in total. The molecule has 1 aromatic carbocycles. The second kappa shape index (κ2) is 8.68. The first-order chi connectivity index (χ1) is 13.1. The normalized spacial score (nSPS) is 10.7.